The van der Waals surface area contributed by atoms with Gasteiger partial charge in [0.2, 0.25) is 0 Å². The Morgan fingerprint density at radius 1 is 0.950 bits per heavy atom. The van der Waals surface area contributed by atoms with Crippen LogP contribution in [0.1, 0.15) is 49.4 Å². The summed E-state index contributed by atoms with van der Waals surface area (Å²) in [5.41, 5.74) is 3.28. The molecule has 0 aliphatic heterocycles. The van der Waals surface area contributed by atoms with Crippen molar-refractivity contribution in [2.75, 3.05) is 0 Å². The van der Waals surface area contributed by atoms with Crippen LogP contribution in [0.5, 0.6) is 0 Å². The van der Waals surface area contributed by atoms with Gasteiger partial charge in [0.25, 0.3) is 0 Å². The molecule has 0 aliphatic rings. The first-order valence-corrected chi connectivity index (χ1v) is 7.14. The first kappa shape index (κ1) is 14.7. The lowest BCUT2D eigenvalue weighted by molar-refractivity contribution is 0.528. The van der Waals surface area contributed by atoms with E-state index in [-0.39, 0.29) is 11.9 Å². The number of halogens is 1. The Labute approximate surface area is 120 Å². The largest absolute Gasteiger partial charge is 0.306 e. The van der Waals surface area contributed by atoms with E-state index in [0.717, 1.165) is 6.54 Å². The van der Waals surface area contributed by atoms with Gasteiger partial charge in [-0.1, -0.05) is 56.3 Å². The van der Waals surface area contributed by atoms with Crippen molar-refractivity contribution in [1.29, 1.82) is 0 Å². The third-order valence-electron chi connectivity index (χ3n) is 3.63. The first-order valence-electron chi connectivity index (χ1n) is 7.14. The molecule has 2 aromatic rings. The van der Waals surface area contributed by atoms with Gasteiger partial charge in [-0.3, -0.25) is 0 Å². The Hall–Kier alpha value is -1.67. The molecule has 0 fully saturated rings. The minimum Gasteiger partial charge on any atom is -0.306 e. The van der Waals surface area contributed by atoms with Crippen LogP contribution >= 0.6 is 0 Å². The van der Waals surface area contributed by atoms with Crippen LogP contribution in [0.3, 0.4) is 0 Å². The van der Waals surface area contributed by atoms with Crippen molar-refractivity contribution in [1.82, 2.24) is 5.32 Å². The van der Waals surface area contributed by atoms with Gasteiger partial charge >= 0.3 is 0 Å². The molecular weight excluding hydrogens is 249 g/mol. The molecule has 1 nitrogen and oxygen atoms in total. The maximum Gasteiger partial charge on any atom is 0.127 e. The standard InChI is InChI=1S/C18H22FN/c1-13(2)16-10-8-15(9-11-16)12-20-14(3)17-6-4-5-7-18(17)19/h4-11,13-14,20H,12H2,1-3H3. The van der Waals surface area contributed by atoms with E-state index < -0.39 is 0 Å². The summed E-state index contributed by atoms with van der Waals surface area (Å²) in [6.07, 6.45) is 0. The van der Waals surface area contributed by atoms with E-state index in [1.54, 1.807) is 6.07 Å². The average molecular weight is 271 g/mol. The molecule has 0 saturated heterocycles. The van der Waals surface area contributed by atoms with E-state index in [1.165, 1.54) is 17.2 Å². The van der Waals surface area contributed by atoms with Crippen LogP contribution in [0.25, 0.3) is 0 Å². The molecule has 20 heavy (non-hydrogen) atoms. The van der Waals surface area contributed by atoms with Crippen molar-refractivity contribution in [3.05, 3.63) is 71.0 Å². The molecular formula is C18H22FN. The summed E-state index contributed by atoms with van der Waals surface area (Å²) in [7, 11) is 0. The average Bonchev–Trinajstić information content (AvgIpc) is 2.45. The number of benzene rings is 2. The maximum atomic E-state index is 13.7. The number of nitrogens with one attached hydrogen (secondary N) is 1. The molecule has 106 valence electrons. The Kier molecular flexibility index (Phi) is 4.91. The summed E-state index contributed by atoms with van der Waals surface area (Å²) in [6, 6.07) is 15.5. The first-order chi connectivity index (χ1) is 9.58. The lowest BCUT2D eigenvalue weighted by Crippen LogP contribution is -2.19. The van der Waals surface area contributed by atoms with E-state index in [9.17, 15) is 4.39 Å². The third-order valence-corrected chi connectivity index (χ3v) is 3.63. The fraction of sp³-hybridized carbons (Fsp3) is 0.333. The highest BCUT2D eigenvalue weighted by Crippen LogP contribution is 2.18. The normalized spacial score (nSPS) is 12.7. The minimum atomic E-state index is -0.150. The van der Waals surface area contributed by atoms with Crippen molar-refractivity contribution in [3.8, 4) is 0 Å². The van der Waals surface area contributed by atoms with Crippen molar-refractivity contribution < 1.29 is 4.39 Å². The van der Waals surface area contributed by atoms with Crippen LogP contribution in [0.4, 0.5) is 4.39 Å². The smallest absolute Gasteiger partial charge is 0.127 e. The van der Waals surface area contributed by atoms with Gasteiger partial charge < -0.3 is 5.32 Å². The van der Waals surface area contributed by atoms with Crippen molar-refractivity contribution in [2.24, 2.45) is 0 Å². The van der Waals surface area contributed by atoms with Crippen molar-refractivity contribution >= 4 is 0 Å². The van der Waals surface area contributed by atoms with Gasteiger partial charge in [-0.2, -0.15) is 0 Å². The molecule has 0 heterocycles. The number of hydrogen-bond donors (Lipinski definition) is 1. The quantitative estimate of drug-likeness (QED) is 0.823. The molecule has 2 aromatic carbocycles. The van der Waals surface area contributed by atoms with Gasteiger partial charge in [0, 0.05) is 18.2 Å². The molecule has 0 radical (unpaired) electrons. The van der Waals surface area contributed by atoms with E-state index in [4.69, 9.17) is 0 Å². The predicted molar refractivity (Wildman–Crippen MR) is 82.2 cm³/mol. The lowest BCUT2D eigenvalue weighted by Gasteiger charge is -2.15. The van der Waals surface area contributed by atoms with Crippen molar-refractivity contribution in [2.45, 2.75) is 39.3 Å². The predicted octanol–water partition coefficient (Wildman–Crippen LogP) is 4.80. The second kappa shape index (κ2) is 6.67. The molecule has 1 atom stereocenters. The fourth-order valence-corrected chi connectivity index (χ4v) is 2.23. The Balaban J connectivity index is 1.96. The number of hydrogen-bond acceptors (Lipinski definition) is 1. The zero-order chi connectivity index (χ0) is 14.5. The summed E-state index contributed by atoms with van der Waals surface area (Å²) in [6.45, 7) is 7.11. The van der Waals surface area contributed by atoms with Crippen LogP contribution in [-0.2, 0) is 6.54 Å². The number of rotatable bonds is 5. The van der Waals surface area contributed by atoms with Gasteiger partial charge in [0.05, 0.1) is 0 Å². The van der Waals surface area contributed by atoms with Crippen molar-refractivity contribution in [3.63, 3.8) is 0 Å². The third kappa shape index (κ3) is 3.67. The van der Waals surface area contributed by atoms with Crippen LogP contribution < -0.4 is 5.32 Å². The van der Waals surface area contributed by atoms with Crippen LogP contribution in [-0.4, -0.2) is 0 Å². The molecule has 0 spiro atoms. The highest BCUT2D eigenvalue weighted by Gasteiger charge is 2.09. The molecule has 0 amide bonds. The zero-order valence-electron chi connectivity index (χ0n) is 12.4. The monoisotopic (exact) mass is 271 g/mol. The summed E-state index contributed by atoms with van der Waals surface area (Å²) >= 11 is 0. The Bertz CT molecular complexity index is 546. The molecule has 2 heteroatoms. The van der Waals surface area contributed by atoms with E-state index >= 15 is 0 Å². The maximum absolute atomic E-state index is 13.7. The van der Waals surface area contributed by atoms with Gasteiger partial charge in [-0.05, 0) is 30.0 Å². The van der Waals surface area contributed by atoms with Gasteiger partial charge in [-0.25, -0.2) is 4.39 Å². The van der Waals surface area contributed by atoms with Gasteiger partial charge in [-0.15, -0.1) is 0 Å². The molecule has 1 unspecified atom stereocenters. The summed E-state index contributed by atoms with van der Waals surface area (Å²) in [5.74, 6) is 0.400. The SMILES string of the molecule is CC(C)c1ccc(CNC(C)c2ccccc2F)cc1. The van der Waals surface area contributed by atoms with Crippen LogP contribution in [0, 0.1) is 5.82 Å². The molecule has 0 bridgehead atoms. The topological polar surface area (TPSA) is 12.0 Å². The van der Waals surface area contributed by atoms with Gasteiger partial charge in [0.15, 0.2) is 0 Å². The highest BCUT2D eigenvalue weighted by atomic mass is 19.1. The zero-order valence-corrected chi connectivity index (χ0v) is 12.4. The lowest BCUT2D eigenvalue weighted by atomic mass is 10.0. The molecule has 1 N–H and O–H groups in total. The van der Waals surface area contributed by atoms with E-state index in [0.29, 0.717) is 11.5 Å². The van der Waals surface area contributed by atoms with Crippen LogP contribution in [0.15, 0.2) is 48.5 Å². The Morgan fingerprint density at radius 3 is 2.20 bits per heavy atom. The summed E-state index contributed by atoms with van der Waals surface area (Å²) < 4.78 is 13.7. The molecule has 2 rings (SSSR count). The van der Waals surface area contributed by atoms with E-state index in [1.807, 2.05) is 19.1 Å². The van der Waals surface area contributed by atoms with Gasteiger partial charge in [0.1, 0.15) is 5.82 Å². The highest BCUT2D eigenvalue weighted by molar-refractivity contribution is 5.25. The second-order valence-electron chi connectivity index (χ2n) is 5.52. The second-order valence-corrected chi connectivity index (χ2v) is 5.52. The van der Waals surface area contributed by atoms with Crippen LogP contribution in [0.2, 0.25) is 0 Å². The molecule has 0 aliphatic carbocycles. The Morgan fingerprint density at radius 2 is 1.60 bits per heavy atom. The molecule has 0 saturated carbocycles. The fourth-order valence-electron chi connectivity index (χ4n) is 2.23. The minimum absolute atomic E-state index is 0.000903. The summed E-state index contributed by atoms with van der Waals surface area (Å²) in [4.78, 5) is 0. The van der Waals surface area contributed by atoms with E-state index in [2.05, 4.69) is 43.4 Å². The molecule has 0 aromatic heterocycles. The summed E-state index contributed by atoms with van der Waals surface area (Å²) in [5, 5.41) is 3.36.